The van der Waals surface area contributed by atoms with Crippen LogP contribution in [-0.4, -0.2) is 17.8 Å². The summed E-state index contributed by atoms with van der Waals surface area (Å²) in [5.74, 6) is 1.39. The molecule has 122 valence electrons. The summed E-state index contributed by atoms with van der Waals surface area (Å²) in [7, 11) is 0. The predicted molar refractivity (Wildman–Crippen MR) is 87.3 cm³/mol. The number of aliphatic hydroxyl groups excluding tert-OH is 1. The second kappa shape index (κ2) is 8.80. The zero-order valence-corrected chi connectivity index (χ0v) is 12.9. The van der Waals surface area contributed by atoms with Crippen molar-refractivity contribution in [1.82, 2.24) is 0 Å². The Kier molecular flexibility index (Phi) is 6.44. The van der Waals surface area contributed by atoms with Crippen LogP contribution in [0.4, 0.5) is 4.79 Å². The number of hydrogen-bond donors (Lipinski definition) is 2. The molecule has 0 aliphatic rings. The molecule has 1 amide bonds. The fourth-order valence-corrected chi connectivity index (χ4v) is 2.28. The maximum Gasteiger partial charge on any atom is 0.405 e. The third kappa shape index (κ3) is 5.64. The number of nitrogens with two attached hydrogens (primary N) is 1. The molecular formula is C18H21NO4. The van der Waals surface area contributed by atoms with Gasteiger partial charge in [-0.05, 0) is 49.1 Å². The highest BCUT2D eigenvalue weighted by Gasteiger charge is 2.15. The van der Waals surface area contributed by atoms with Crippen LogP contribution >= 0.6 is 0 Å². The number of aliphatic hydroxyl groups is 1. The summed E-state index contributed by atoms with van der Waals surface area (Å²) in [6.45, 7) is 0.112. The molecule has 0 saturated carbocycles. The average Bonchev–Trinajstić information content (AvgIpc) is 2.55. The predicted octanol–water partition coefficient (Wildman–Crippen LogP) is 3.78. The van der Waals surface area contributed by atoms with Crippen molar-refractivity contribution in [2.24, 2.45) is 5.73 Å². The summed E-state index contributed by atoms with van der Waals surface area (Å²) >= 11 is 0. The van der Waals surface area contributed by atoms with Crippen LogP contribution in [-0.2, 0) is 4.74 Å². The molecule has 0 unspecified atom stereocenters. The van der Waals surface area contributed by atoms with Gasteiger partial charge >= 0.3 is 6.09 Å². The normalized spacial score (nSPS) is 11.7. The van der Waals surface area contributed by atoms with Crippen LogP contribution < -0.4 is 10.5 Å². The molecule has 1 atom stereocenters. The minimum absolute atomic E-state index is 0.112. The summed E-state index contributed by atoms with van der Waals surface area (Å²) in [6.07, 6.45) is 0.724. The molecule has 5 heteroatoms. The van der Waals surface area contributed by atoms with E-state index in [0.29, 0.717) is 18.6 Å². The van der Waals surface area contributed by atoms with Crippen LogP contribution in [0.2, 0.25) is 0 Å². The van der Waals surface area contributed by atoms with Gasteiger partial charge < -0.3 is 20.3 Å². The Morgan fingerprint density at radius 1 is 1.04 bits per heavy atom. The van der Waals surface area contributed by atoms with Crippen LogP contribution in [0.1, 0.15) is 30.9 Å². The van der Waals surface area contributed by atoms with Gasteiger partial charge in [0.25, 0.3) is 0 Å². The first-order valence-electron chi connectivity index (χ1n) is 7.59. The van der Waals surface area contributed by atoms with E-state index >= 15 is 0 Å². The zero-order valence-electron chi connectivity index (χ0n) is 12.9. The highest BCUT2D eigenvalue weighted by molar-refractivity contribution is 5.65. The molecule has 2 aromatic rings. The number of carbonyl (C=O) groups is 1. The summed E-state index contributed by atoms with van der Waals surface area (Å²) in [5, 5.41) is 8.89. The summed E-state index contributed by atoms with van der Waals surface area (Å²) in [6, 6.07) is 16.8. The molecule has 0 aliphatic heterocycles. The van der Waals surface area contributed by atoms with Crippen molar-refractivity contribution in [3.8, 4) is 11.5 Å². The molecule has 3 N–H and O–H groups in total. The van der Waals surface area contributed by atoms with Crippen molar-refractivity contribution in [3.63, 3.8) is 0 Å². The topological polar surface area (TPSA) is 81.8 Å². The maximum atomic E-state index is 11.1. The molecule has 0 bridgehead atoms. The minimum Gasteiger partial charge on any atom is -0.457 e. The van der Waals surface area contributed by atoms with Crippen molar-refractivity contribution >= 4 is 6.09 Å². The molecule has 2 aromatic carbocycles. The van der Waals surface area contributed by atoms with Crippen molar-refractivity contribution in [3.05, 3.63) is 60.2 Å². The largest absolute Gasteiger partial charge is 0.457 e. The summed E-state index contributed by atoms with van der Waals surface area (Å²) in [4.78, 5) is 11.1. The van der Waals surface area contributed by atoms with E-state index in [1.165, 1.54) is 0 Å². The van der Waals surface area contributed by atoms with Crippen LogP contribution in [0.15, 0.2) is 54.6 Å². The van der Waals surface area contributed by atoms with Crippen molar-refractivity contribution in [2.45, 2.75) is 25.4 Å². The van der Waals surface area contributed by atoms with Gasteiger partial charge in [0.2, 0.25) is 0 Å². The fraction of sp³-hybridized carbons (Fsp3) is 0.278. The molecule has 0 spiro atoms. The Labute approximate surface area is 135 Å². The van der Waals surface area contributed by atoms with Gasteiger partial charge in [0.1, 0.15) is 17.6 Å². The second-order valence-electron chi connectivity index (χ2n) is 5.13. The number of rotatable bonds is 8. The SMILES string of the molecule is NC(=O)O[C@@H](CCCCO)c1cccc(Oc2ccccc2)c1. The third-order valence-electron chi connectivity index (χ3n) is 3.34. The van der Waals surface area contributed by atoms with E-state index in [1.807, 2.05) is 54.6 Å². The molecular weight excluding hydrogens is 294 g/mol. The Morgan fingerprint density at radius 2 is 1.78 bits per heavy atom. The molecule has 0 fully saturated rings. The molecule has 0 radical (unpaired) electrons. The standard InChI is InChI=1S/C18H21NO4/c19-18(21)23-17(11-4-5-12-20)14-7-6-10-16(13-14)22-15-8-2-1-3-9-15/h1-3,6-10,13,17,20H,4-5,11-12H2,(H2,19,21)/t17-/m0/s1. The highest BCUT2D eigenvalue weighted by Crippen LogP contribution is 2.28. The van der Waals surface area contributed by atoms with Crippen molar-refractivity contribution < 1.29 is 19.4 Å². The van der Waals surface area contributed by atoms with E-state index in [2.05, 4.69) is 0 Å². The third-order valence-corrected chi connectivity index (χ3v) is 3.34. The number of benzene rings is 2. The van der Waals surface area contributed by atoms with Gasteiger partial charge in [-0.1, -0.05) is 30.3 Å². The lowest BCUT2D eigenvalue weighted by Crippen LogP contribution is -2.17. The number of amides is 1. The van der Waals surface area contributed by atoms with Gasteiger partial charge in [-0.2, -0.15) is 0 Å². The molecule has 0 saturated heterocycles. The zero-order chi connectivity index (χ0) is 16.5. The van der Waals surface area contributed by atoms with Gasteiger partial charge in [-0.25, -0.2) is 4.79 Å². The molecule has 0 aliphatic carbocycles. The Morgan fingerprint density at radius 3 is 2.48 bits per heavy atom. The van der Waals surface area contributed by atoms with Crippen LogP contribution in [0.3, 0.4) is 0 Å². The van der Waals surface area contributed by atoms with E-state index in [-0.39, 0.29) is 6.61 Å². The first-order chi connectivity index (χ1) is 11.2. The lowest BCUT2D eigenvalue weighted by atomic mass is 10.0. The van der Waals surface area contributed by atoms with E-state index in [9.17, 15) is 4.79 Å². The van der Waals surface area contributed by atoms with Crippen LogP contribution in [0.25, 0.3) is 0 Å². The Balaban J connectivity index is 2.12. The smallest absolute Gasteiger partial charge is 0.405 e. The van der Waals surface area contributed by atoms with Gasteiger partial charge in [0.05, 0.1) is 0 Å². The first-order valence-corrected chi connectivity index (χ1v) is 7.59. The fourth-order valence-electron chi connectivity index (χ4n) is 2.28. The van der Waals surface area contributed by atoms with E-state index in [0.717, 1.165) is 17.7 Å². The number of ether oxygens (including phenoxy) is 2. The monoisotopic (exact) mass is 315 g/mol. The molecule has 0 aromatic heterocycles. The highest BCUT2D eigenvalue weighted by atomic mass is 16.6. The Bertz CT molecular complexity index is 615. The van der Waals surface area contributed by atoms with Crippen LogP contribution in [0.5, 0.6) is 11.5 Å². The first kappa shape index (κ1) is 16.8. The number of carbonyl (C=O) groups excluding carboxylic acids is 1. The molecule has 0 heterocycles. The number of hydrogen-bond acceptors (Lipinski definition) is 4. The second-order valence-corrected chi connectivity index (χ2v) is 5.13. The van der Waals surface area contributed by atoms with Gasteiger partial charge in [-0.3, -0.25) is 0 Å². The minimum atomic E-state index is -0.812. The number of unbranched alkanes of at least 4 members (excludes halogenated alkanes) is 1. The van der Waals surface area contributed by atoms with Gasteiger partial charge in [0, 0.05) is 6.61 Å². The molecule has 5 nitrogen and oxygen atoms in total. The van der Waals surface area contributed by atoms with E-state index in [1.54, 1.807) is 0 Å². The number of primary amides is 1. The summed E-state index contributed by atoms with van der Waals surface area (Å²) < 4.78 is 11.0. The molecule has 23 heavy (non-hydrogen) atoms. The summed E-state index contributed by atoms with van der Waals surface area (Å²) in [5.41, 5.74) is 5.97. The lowest BCUT2D eigenvalue weighted by molar-refractivity contribution is 0.0982. The lowest BCUT2D eigenvalue weighted by Gasteiger charge is -2.17. The Hall–Kier alpha value is -2.53. The van der Waals surface area contributed by atoms with E-state index in [4.69, 9.17) is 20.3 Å². The molecule has 2 rings (SSSR count). The van der Waals surface area contributed by atoms with Crippen molar-refractivity contribution in [1.29, 1.82) is 0 Å². The van der Waals surface area contributed by atoms with Crippen LogP contribution in [0, 0.1) is 0 Å². The van der Waals surface area contributed by atoms with Crippen molar-refractivity contribution in [2.75, 3.05) is 6.61 Å². The van der Waals surface area contributed by atoms with Gasteiger partial charge in [0.15, 0.2) is 0 Å². The maximum absolute atomic E-state index is 11.1. The van der Waals surface area contributed by atoms with E-state index < -0.39 is 12.2 Å². The number of para-hydroxylation sites is 1. The quantitative estimate of drug-likeness (QED) is 0.726. The van der Waals surface area contributed by atoms with Gasteiger partial charge in [-0.15, -0.1) is 0 Å². The average molecular weight is 315 g/mol.